The highest BCUT2D eigenvalue weighted by molar-refractivity contribution is 6.35. The molecule has 0 radical (unpaired) electrons. The van der Waals surface area contributed by atoms with E-state index in [1.165, 1.54) is 0 Å². The fourth-order valence-corrected chi connectivity index (χ4v) is 3.25. The maximum absolute atomic E-state index is 10.2. The van der Waals surface area contributed by atoms with E-state index in [1.807, 2.05) is 6.92 Å². The zero-order valence-electron chi connectivity index (χ0n) is 12.4. The molecule has 0 spiro atoms. The molecule has 7 heteroatoms. The Morgan fingerprint density at radius 3 is 2.41 bits per heavy atom. The molecule has 0 aliphatic carbocycles. The van der Waals surface area contributed by atoms with Crippen LogP contribution >= 0.6 is 48.0 Å². The van der Waals surface area contributed by atoms with Crippen LogP contribution in [0.15, 0.2) is 24.3 Å². The first-order chi connectivity index (χ1) is 9.49. The number of aromatic hydroxyl groups is 1. The van der Waals surface area contributed by atoms with E-state index in [4.69, 9.17) is 23.2 Å². The molecule has 1 heterocycles. The molecule has 22 heavy (non-hydrogen) atoms. The molecule has 1 aliphatic heterocycles. The van der Waals surface area contributed by atoms with Gasteiger partial charge in [0.2, 0.25) is 0 Å². The quantitative estimate of drug-likeness (QED) is 0.748. The first-order valence-corrected chi connectivity index (χ1v) is 7.51. The summed E-state index contributed by atoms with van der Waals surface area (Å²) in [6, 6.07) is 3.28. The number of nitrogens with zero attached hydrogens (tertiary/aromatic N) is 1. The number of halogens is 4. The monoisotopic (exact) mass is 386 g/mol. The Labute approximate surface area is 154 Å². The van der Waals surface area contributed by atoms with Gasteiger partial charge in [0.05, 0.1) is 5.02 Å². The molecule has 3 nitrogen and oxygen atoms in total. The van der Waals surface area contributed by atoms with Gasteiger partial charge in [0.15, 0.2) is 0 Å². The van der Waals surface area contributed by atoms with Crippen molar-refractivity contribution in [1.82, 2.24) is 10.2 Å². The van der Waals surface area contributed by atoms with Crippen molar-refractivity contribution < 1.29 is 5.11 Å². The van der Waals surface area contributed by atoms with Gasteiger partial charge in [-0.2, -0.15) is 0 Å². The van der Waals surface area contributed by atoms with Crippen LogP contribution in [0.4, 0.5) is 0 Å². The van der Waals surface area contributed by atoms with Crippen molar-refractivity contribution in [2.45, 2.75) is 19.4 Å². The summed E-state index contributed by atoms with van der Waals surface area (Å²) in [7, 11) is 0. The molecule has 1 aliphatic rings. The molecular formula is C15H22Cl4N2O. The van der Waals surface area contributed by atoms with Crippen molar-refractivity contribution in [3.63, 3.8) is 0 Å². The number of nitrogens with one attached hydrogen (secondary N) is 1. The van der Waals surface area contributed by atoms with E-state index < -0.39 is 0 Å². The molecule has 2 rings (SSSR count). The maximum atomic E-state index is 10.2. The molecule has 0 saturated carbocycles. The predicted octanol–water partition coefficient (Wildman–Crippen LogP) is 4.46. The average molecular weight is 388 g/mol. The standard InChI is InChI=1S/C15H20Cl2N2O.2ClH/c1-10(2)7-13(19-5-3-18-4-6-19)15-12(17)8-11(16)9-14(15)20;;/h8-9,13,18,20H,1,3-7H2,2H3;2*1H/t13-;;/m0../s1. The van der Waals surface area contributed by atoms with Gasteiger partial charge >= 0.3 is 0 Å². The van der Waals surface area contributed by atoms with E-state index >= 15 is 0 Å². The Morgan fingerprint density at radius 1 is 1.32 bits per heavy atom. The van der Waals surface area contributed by atoms with Crippen LogP contribution in [0.5, 0.6) is 5.75 Å². The first-order valence-electron chi connectivity index (χ1n) is 6.76. The van der Waals surface area contributed by atoms with E-state index in [1.54, 1.807) is 12.1 Å². The lowest BCUT2D eigenvalue weighted by Crippen LogP contribution is -2.45. The van der Waals surface area contributed by atoms with E-state index in [-0.39, 0.29) is 36.6 Å². The second-order valence-corrected chi connectivity index (χ2v) is 6.13. The molecule has 0 bridgehead atoms. The van der Waals surface area contributed by atoms with Gasteiger partial charge in [-0.15, -0.1) is 31.4 Å². The SMILES string of the molecule is C=C(C)C[C@@H](c1c(O)cc(Cl)cc1Cl)N1CCNCC1.Cl.Cl. The van der Waals surface area contributed by atoms with Gasteiger partial charge in [0, 0.05) is 42.8 Å². The molecule has 126 valence electrons. The normalized spacial score (nSPS) is 16.3. The molecule has 1 atom stereocenters. The molecule has 0 aromatic heterocycles. The Bertz CT molecular complexity index is 481. The van der Waals surface area contributed by atoms with Crippen molar-refractivity contribution in [3.8, 4) is 5.75 Å². The summed E-state index contributed by atoms with van der Waals surface area (Å²) in [6.07, 6.45) is 0.773. The largest absolute Gasteiger partial charge is 0.508 e. The Hall–Kier alpha value is -0.160. The summed E-state index contributed by atoms with van der Waals surface area (Å²) < 4.78 is 0. The Morgan fingerprint density at radius 2 is 1.91 bits per heavy atom. The lowest BCUT2D eigenvalue weighted by atomic mass is 9.97. The number of hydrogen-bond donors (Lipinski definition) is 2. The maximum Gasteiger partial charge on any atom is 0.123 e. The van der Waals surface area contributed by atoms with Crippen LogP contribution in [0.1, 0.15) is 24.9 Å². The third-order valence-electron chi connectivity index (χ3n) is 3.54. The van der Waals surface area contributed by atoms with Crippen molar-refractivity contribution in [2.75, 3.05) is 26.2 Å². The predicted molar refractivity (Wildman–Crippen MR) is 99.2 cm³/mol. The number of benzene rings is 1. The highest BCUT2D eigenvalue weighted by atomic mass is 35.5. The van der Waals surface area contributed by atoms with Crippen molar-refractivity contribution in [2.24, 2.45) is 0 Å². The van der Waals surface area contributed by atoms with Gasteiger partial charge in [-0.3, -0.25) is 4.90 Å². The second-order valence-electron chi connectivity index (χ2n) is 5.28. The molecule has 0 amide bonds. The number of phenolic OH excluding ortho intramolecular Hbond substituents is 1. The number of piperazine rings is 1. The minimum absolute atomic E-state index is 0. The minimum atomic E-state index is 0. The van der Waals surface area contributed by atoms with Crippen molar-refractivity contribution >= 4 is 48.0 Å². The zero-order valence-corrected chi connectivity index (χ0v) is 15.6. The summed E-state index contributed by atoms with van der Waals surface area (Å²) in [4.78, 5) is 2.33. The molecule has 2 N–H and O–H groups in total. The summed E-state index contributed by atoms with van der Waals surface area (Å²) in [5, 5.41) is 14.5. The van der Waals surface area contributed by atoms with E-state index in [0.29, 0.717) is 10.0 Å². The van der Waals surface area contributed by atoms with Crippen molar-refractivity contribution in [3.05, 3.63) is 39.9 Å². The number of hydrogen-bond acceptors (Lipinski definition) is 3. The number of phenols is 1. The van der Waals surface area contributed by atoms with Crippen LogP contribution in [-0.2, 0) is 0 Å². The summed E-state index contributed by atoms with van der Waals surface area (Å²) in [5.74, 6) is 0.160. The van der Waals surface area contributed by atoms with Gasteiger partial charge in [0.25, 0.3) is 0 Å². The molecular weight excluding hydrogens is 366 g/mol. The van der Waals surface area contributed by atoms with Crippen LogP contribution in [0.3, 0.4) is 0 Å². The minimum Gasteiger partial charge on any atom is -0.508 e. The van der Waals surface area contributed by atoms with Crippen molar-refractivity contribution in [1.29, 1.82) is 0 Å². The molecule has 0 unspecified atom stereocenters. The van der Waals surface area contributed by atoms with E-state index in [9.17, 15) is 5.11 Å². The Kier molecular flexibility index (Phi) is 9.79. The molecule has 1 aromatic carbocycles. The fraction of sp³-hybridized carbons (Fsp3) is 0.467. The lowest BCUT2D eigenvalue weighted by Gasteiger charge is -2.36. The molecule has 1 fully saturated rings. The number of rotatable bonds is 4. The van der Waals surface area contributed by atoms with Gasteiger partial charge in [-0.1, -0.05) is 28.8 Å². The van der Waals surface area contributed by atoms with Crippen LogP contribution in [0, 0.1) is 0 Å². The van der Waals surface area contributed by atoms with Crippen LogP contribution in [-0.4, -0.2) is 36.2 Å². The van der Waals surface area contributed by atoms with Gasteiger partial charge < -0.3 is 10.4 Å². The van der Waals surface area contributed by atoms with Crippen LogP contribution < -0.4 is 5.32 Å². The van der Waals surface area contributed by atoms with E-state index in [0.717, 1.165) is 43.7 Å². The first kappa shape index (κ1) is 21.8. The van der Waals surface area contributed by atoms with Gasteiger partial charge in [0.1, 0.15) is 5.75 Å². The summed E-state index contributed by atoms with van der Waals surface area (Å²) in [5.41, 5.74) is 1.82. The summed E-state index contributed by atoms with van der Waals surface area (Å²) >= 11 is 12.2. The van der Waals surface area contributed by atoms with Crippen LogP contribution in [0.2, 0.25) is 10.0 Å². The third-order valence-corrected chi connectivity index (χ3v) is 4.07. The lowest BCUT2D eigenvalue weighted by molar-refractivity contribution is 0.170. The van der Waals surface area contributed by atoms with Gasteiger partial charge in [-0.25, -0.2) is 0 Å². The second kappa shape index (κ2) is 9.86. The average Bonchev–Trinajstić information content (AvgIpc) is 2.37. The highest BCUT2D eigenvalue weighted by Gasteiger charge is 2.26. The molecule has 1 aromatic rings. The fourth-order valence-electron chi connectivity index (χ4n) is 2.64. The third kappa shape index (κ3) is 5.48. The Balaban J connectivity index is 0.00000220. The topological polar surface area (TPSA) is 35.5 Å². The van der Waals surface area contributed by atoms with E-state index in [2.05, 4.69) is 16.8 Å². The summed E-state index contributed by atoms with van der Waals surface area (Å²) in [6.45, 7) is 9.74. The molecule has 1 saturated heterocycles. The highest BCUT2D eigenvalue weighted by Crippen LogP contribution is 2.40. The van der Waals surface area contributed by atoms with Gasteiger partial charge in [-0.05, 0) is 25.5 Å². The zero-order chi connectivity index (χ0) is 14.7. The van der Waals surface area contributed by atoms with Crippen LogP contribution in [0.25, 0.3) is 0 Å². The smallest absolute Gasteiger partial charge is 0.123 e.